The van der Waals surface area contributed by atoms with Crippen molar-refractivity contribution in [3.8, 4) is 23.3 Å². The summed E-state index contributed by atoms with van der Waals surface area (Å²) < 4.78 is 65.4. The number of ether oxygens (including phenoxy) is 3. The highest BCUT2D eigenvalue weighted by molar-refractivity contribution is 7.66. The van der Waals surface area contributed by atoms with Crippen molar-refractivity contribution in [2.45, 2.75) is 38.0 Å². The molecule has 0 radical (unpaired) electrons. The molecule has 2 aromatic heterocycles. The Morgan fingerprint density at radius 2 is 1.57 bits per heavy atom. The summed E-state index contributed by atoms with van der Waals surface area (Å²) >= 11 is 0. The maximum Gasteiger partial charge on any atom is 0.490 e. The minimum Gasteiger partial charge on any atom is -0.494 e. The summed E-state index contributed by atoms with van der Waals surface area (Å²) in [6, 6.07) is 16.1. The molecule has 1 amide bonds. The van der Waals surface area contributed by atoms with Crippen molar-refractivity contribution in [1.29, 1.82) is 0 Å². The topological polar surface area (TPSA) is 369 Å². The van der Waals surface area contributed by atoms with Gasteiger partial charge in [-0.15, -0.1) is 10.2 Å². The summed E-state index contributed by atoms with van der Waals surface area (Å²) in [6.45, 7) is -0.0293. The highest BCUT2D eigenvalue weighted by Gasteiger charge is 2.41. The molecule has 3 aromatic carbocycles. The van der Waals surface area contributed by atoms with E-state index in [4.69, 9.17) is 34.3 Å². The molecule has 0 spiro atoms. The first kappa shape index (κ1) is 51.9. The molecule has 4 atom stereocenters. The van der Waals surface area contributed by atoms with E-state index in [9.17, 15) is 38.4 Å². The molecule has 3 heterocycles. The molecule has 69 heavy (non-hydrogen) atoms. The fraction of sp³-hybridized carbons (Fsp3) is 0.308. The van der Waals surface area contributed by atoms with Crippen LogP contribution in [0, 0.1) is 22.0 Å². The average molecular weight is 1020 g/mol. The van der Waals surface area contributed by atoms with E-state index in [0.29, 0.717) is 70.2 Å². The largest absolute Gasteiger partial charge is 0.494 e. The molecular formula is C39H44N11O16P3. The number of phosphoric acid groups is 3. The molecule has 27 nitrogen and oxygen atoms in total. The van der Waals surface area contributed by atoms with Crippen LogP contribution in [0.3, 0.4) is 0 Å². The average Bonchev–Trinajstić information content (AvgIpc) is 3.93. The summed E-state index contributed by atoms with van der Waals surface area (Å²) in [5.74, 6) is 6.50. The number of azo groups is 2. The summed E-state index contributed by atoms with van der Waals surface area (Å²) in [6.07, 6.45) is 2.75. The van der Waals surface area contributed by atoms with Crippen LogP contribution >= 0.6 is 23.5 Å². The maximum absolute atomic E-state index is 12.7. The third-order valence-electron chi connectivity index (χ3n) is 9.75. The zero-order chi connectivity index (χ0) is 49.9. The molecule has 1 aliphatic rings. The van der Waals surface area contributed by atoms with Gasteiger partial charge >= 0.3 is 23.5 Å². The van der Waals surface area contributed by atoms with Crippen LogP contribution in [-0.2, 0) is 36.4 Å². The molecule has 5 aromatic rings. The molecule has 30 heteroatoms. The van der Waals surface area contributed by atoms with Gasteiger partial charge in [0.1, 0.15) is 46.9 Å². The first-order valence-corrected chi connectivity index (χ1v) is 24.7. The van der Waals surface area contributed by atoms with Crippen molar-refractivity contribution in [3.63, 3.8) is 0 Å². The molecular weight excluding hydrogens is 971 g/mol. The number of fused-ring (bicyclic) bond motifs is 1. The monoisotopic (exact) mass is 1020 g/mol. The number of hydrogen-bond acceptors (Lipinski definition) is 20. The van der Waals surface area contributed by atoms with Crippen LogP contribution in [0.25, 0.3) is 11.0 Å². The number of nitrogens with two attached hydrogens (primary N) is 1. The molecule has 0 aliphatic carbocycles. The van der Waals surface area contributed by atoms with Crippen molar-refractivity contribution >= 4 is 80.4 Å². The van der Waals surface area contributed by atoms with Gasteiger partial charge in [-0.3, -0.25) is 19.4 Å². The number of rotatable bonds is 21. The Labute approximate surface area is 391 Å². The fourth-order valence-electron chi connectivity index (χ4n) is 6.55. The van der Waals surface area contributed by atoms with E-state index >= 15 is 0 Å². The number of non-ortho nitro benzene ring substituents is 1. The lowest BCUT2D eigenvalue weighted by atomic mass is 10.2. The zero-order valence-corrected chi connectivity index (χ0v) is 39.3. The first-order valence-electron chi connectivity index (χ1n) is 20.2. The predicted molar refractivity (Wildman–Crippen MR) is 245 cm³/mol. The second-order valence-electron chi connectivity index (χ2n) is 14.6. The molecule has 0 bridgehead atoms. The van der Waals surface area contributed by atoms with Crippen molar-refractivity contribution in [3.05, 3.63) is 88.9 Å². The number of hydrogen-bond donors (Lipinski definition) is 6. The number of carbonyl (C=O) groups is 1. The van der Waals surface area contributed by atoms with Gasteiger partial charge in [0.2, 0.25) is 5.91 Å². The number of nitrogens with one attached hydrogen (secondary N) is 1. The molecule has 2 unspecified atom stereocenters. The van der Waals surface area contributed by atoms with Crippen LogP contribution in [0.15, 0.2) is 93.6 Å². The van der Waals surface area contributed by atoms with E-state index in [1.165, 1.54) is 44.8 Å². The number of nitrogens with zero attached hydrogens (tertiary/aromatic N) is 9. The van der Waals surface area contributed by atoms with Crippen LogP contribution in [0.4, 0.5) is 39.9 Å². The van der Waals surface area contributed by atoms with Crippen molar-refractivity contribution in [2.24, 2.45) is 20.5 Å². The van der Waals surface area contributed by atoms with E-state index < -0.39 is 47.3 Å². The Hall–Kier alpha value is -6.52. The number of nitro groups is 1. The normalized spacial score (nSPS) is 16.7. The standard InChI is InChI=1S/C39H44N11O16P3/c1-48(28-12-8-26(9-13-28)44-46-31-20-34(62-3)32(21-33(31)61-2)47-45-27-10-14-29(15-11-27)50(52)53)19-5-7-35(51)41-18-4-6-25-22-49(39-37(25)38(40)42-24-43-39)36-17-16-30(64-36)23-63-68(57,58)66-69(59,60)65-67(54,55)56/h8-15,20-22,24,30,36H,5,7,16-19,23H2,1-3H3,(H,41,51)(H,57,58)(H,59,60)(H2,40,42,43)(H2,54,55,56)/t30-,36+/m0/s1. The minimum atomic E-state index is -5.67. The highest BCUT2D eigenvalue weighted by Crippen LogP contribution is 2.66. The summed E-state index contributed by atoms with van der Waals surface area (Å²) in [4.78, 5) is 70.1. The number of phosphoric ester groups is 1. The van der Waals surface area contributed by atoms with Gasteiger partial charge in [-0.25, -0.2) is 23.7 Å². The summed E-state index contributed by atoms with van der Waals surface area (Å²) in [5, 5.41) is 31.2. The Morgan fingerprint density at radius 1 is 0.942 bits per heavy atom. The SMILES string of the molecule is COc1cc(N=Nc2ccc([N+](=O)[O-])cc2)c(OC)cc1N=Nc1ccc(N(C)CCCC(=O)NCC#Cc2cn([C@H]3CC[C@@H](COP(=O)(O)OP(=O)(O)OP(=O)(O)O)O3)c3ncnc(N)c23)cc1. The zero-order valence-electron chi connectivity index (χ0n) is 36.7. The molecule has 0 saturated carbocycles. The lowest BCUT2D eigenvalue weighted by Crippen LogP contribution is -2.25. The smallest absolute Gasteiger partial charge is 0.490 e. The number of methoxy groups -OCH3 is 2. The van der Waals surface area contributed by atoms with Gasteiger partial charge in [0.15, 0.2) is 0 Å². The maximum atomic E-state index is 12.7. The summed E-state index contributed by atoms with van der Waals surface area (Å²) in [5.41, 5.74) is 9.46. The molecule has 7 N–H and O–H groups in total. The van der Waals surface area contributed by atoms with Crippen LogP contribution in [0.2, 0.25) is 0 Å². The van der Waals surface area contributed by atoms with Gasteiger partial charge in [-0.05, 0) is 55.7 Å². The number of anilines is 2. The van der Waals surface area contributed by atoms with Gasteiger partial charge < -0.3 is 54.3 Å². The summed E-state index contributed by atoms with van der Waals surface area (Å²) in [7, 11) is -11.7. The van der Waals surface area contributed by atoms with Gasteiger partial charge in [0.25, 0.3) is 5.69 Å². The minimum absolute atomic E-state index is 0.0196. The Kier molecular flexibility index (Phi) is 17.1. The second kappa shape index (κ2) is 22.7. The number of aromatic nitrogens is 3. The van der Waals surface area contributed by atoms with E-state index in [0.717, 1.165) is 5.69 Å². The fourth-order valence-corrected chi connectivity index (χ4v) is 9.60. The quantitative estimate of drug-likeness (QED) is 0.0139. The lowest BCUT2D eigenvalue weighted by Gasteiger charge is -2.19. The lowest BCUT2D eigenvalue weighted by molar-refractivity contribution is -0.384. The number of benzene rings is 3. The number of nitrogen functional groups attached to an aromatic ring is 1. The molecule has 366 valence electrons. The van der Waals surface area contributed by atoms with Crippen molar-refractivity contribution < 1.29 is 70.3 Å². The van der Waals surface area contributed by atoms with Crippen molar-refractivity contribution in [2.75, 3.05) is 51.6 Å². The van der Waals surface area contributed by atoms with Crippen molar-refractivity contribution in [1.82, 2.24) is 19.9 Å². The van der Waals surface area contributed by atoms with Crippen LogP contribution < -0.4 is 25.4 Å². The molecule has 1 aliphatic heterocycles. The van der Waals surface area contributed by atoms with E-state index in [2.05, 4.69) is 56.2 Å². The van der Waals surface area contributed by atoms with Crippen LogP contribution in [0.5, 0.6) is 11.5 Å². The Balaban J connectivity index is 0.968. The number of nitro benzene ring substituents is 1. The third-order valence-corrected chi connectivity index (χ3v) is 13.5. The van der Waals surface area contributed by atoms with Gasteiger partial charge in [-0.2, -0.15) is 18.8 Å². The van der Waals surface area contributed by atoms with Crippen LogP contribution in [0.1, 0.15) is 37.5 Å². The van der Waals surface area contributed by atoms with Crippen LogP contribution in [-0.4, -0.2) is 92.0 Å². The molecule has 6 rings (SSSR count). The van der Waals surface area contributed by atoms with E-state index in [1.807, 2.05) is 24.1 Å². The number of carbonyl (C=O) groups excluding carboxylic acids is 1. The third kappa shape index (κ3) is 14.7. The van der Waals surface area contributed by atoms with Gasteiger partial charge in [0, 0.05) is 56.2 Å². The van der Waals surface area contributed by atoms with Gasteiger partial charge in [0.05, 0.1) is 60.7 Å². The highest BCUT2D eigenvalue weighted by atomic mass is 31.3. The predicted octanol–water partition coefficient (Wildman–Crippen LogP) is 7.17. The first-order chi connectivity index (χ1) is 32.7. The Morgan fingerprint density at radius 3 is 2.16 bits per heavy atom. The second-order valence-corrected chi connectivity index (χ2v) is 19.0. The number of amides is 1. The molecule has 1 fully saturated rings. The Bertz CT molecular complexity index is 2940. The van der Waals surface area contributed by atoms with E-state index in [1.54, 1.807) is 35.0 Å². The molecule has 1 saturated heterocycles. The van der Waals surface area contributed by atoms with E-state index in [-0.39, 0.29) is 36.8 Å². The van der Waals surface area contributed by atoms with Gasteiger partial charge in [-0.1, -0.05) is 11.8 Å².